The van der Waals surface area contributed by atoms with E-state index >= 15 is 0 Å². The quantitative estimate of drug-likeness (QED) is 0.460. The molecule has 180 valence electrons. The Morgan fingerprint density at radius 1 is 1.06 bits per heavy atom. The second-order valence-electron chi connectivity index (χ2n) is 9.25. The lowest BCUT2D eigenvalue weighted by molar-refractivity contribution is -0.137. The average molecular weight is 465 g/mol. The van der Waals surface area contributed by atoms with Crippen LogP contribution in [0.25, 0.3) is 11.1 Å². The van der Waals surface area contributed by atoms with Crippen LogP contribution < -0.4 is 10.6 Å². The second-order valence-corrected chi connectivity index (χ2v) is 9.25. The van der Waals surface area contributed by atoms with Crippen molar-refractivity contribution in [1.82, 2.24) is 10.6 Å². The van der Waals surface area contributed by atoms with Gasteiger partial charge in [-0.3, -0.25) is 9.59 Å². The molecule has 1 fully saturated rings. The van der Waals surface area contributed by atoms with Crippen LogP contribution >= 0.6 is 0 Å². The number of ether oxygens (including phenoxy) is 1. The molecule has 0 aromatic heterocycles. The minimum Gasteiger partial charge on any atom is -0.481 e. The lowest BCUT2D eigenvalue weighted by Gasteiger charge is -2.17. The van der Waals surface area contributed by atoms with Gasteiger partial charge in [0.25, 0.3) is 0 Å². The first-order valence-corrected chi connectivity index (χ1v) is 12.1. The molecule has 0 spiro atoms. The molecule has 3 N–H and O–H groups in total. The zero-order valence-electron chi connectivity index (χ0n) is 19.5. The van der Waals surface area contributed by atoms with Crippen molar-refractivity contribution < 1.29 is 24.2 Å². The SMILES string of the molecule is CCCCC(CC(=O)O)NC(=O)C1CC1CNC(=O)OCC1c2ccccc2-c2ccccc21. The Hall–Kier alpha value is -3.35. The van der Waals surface area contributed by atoms with Gasteiger partial charge in [0.2, 0.25) is 5.91 Å². The summed E-state index contributed by atoms with van der Waals surface area (Å²) in [6, 6.07) is 16.0. The van der Waals surface area contributed by atoms with E-state index in [-0.39, 0.29) is 42.7 Å². The molecule has 2 aromatic rings. The fourth-order valence-corrected chi connectivity index (χ4v) is 4.85. The van der Waals surface area contributed by atoms with E-state index in [9.17, 15) is 14.4 Å². The fraction of sp³-hybridized carbons (Fsp3) is 0.444. The summed E-state index contributed by atoms with van der Waals surface area (Å²) in [5.74, 6) is -1.16. The van der Waals surface area contributed by atoms with E-state index in [1.165, 1.54) is 11.1 Å². The largest absolute Gasteiger partial charge is 0.481 e. The molecule has 0 bridgehead atoms. The van der Waals surface area contributed by atoms with Gasteiger partial charge in [-0.05, 0) is 41.0 Å². The van der Waals surface area contributed by atoms with E-state index in [2.05, 4.69) is 34.9 Å². The van der Waals surface area contributed by atoms with Gasteiger partial charge in [0.1, 0.15) is 6.61 Å². The summed E-state index contributed by atoms with van der Waals surface area (Å²) in [6.07, 6.45) is 2.60. The highest BCUT2D eigenvalue weighted by Gasteiger charge is 2.43. The van der Waals surface area contributed by atoms with Crippen LogP contribution in [0.2, 0.25) is 0 Å². The molecule has 2 aliphatic carbocycles. The van der Waals surface area contributed by atoms with E-state index in [1.54, 1.807) is 0 Å². The molecule has 0 heterocycles. The van der Waals surface area contributed by atoms with Gasteiger partial charge in [-0.1, -0.05) is 68.3 Å². The molecular formula is C27H32N2O5. The zero-order valence-corrected chi connectivity index (χ0v) is 19.5. The molecule has 0 radical (unpaired) electrons. The minimum atomic E-state index is -0.911. The van der Waals surface area contributed by atoms with Gasteiger partial charge in [0.15, 0.2) is 0 Å². The second kappa shape index (κ2) is 10.7. The molecule has 7 heteroatoms. The van der Waals surface area contributed by atoms with Crippen LogP contribution in [-0.4, -0.2) is 42.3 Å². The van der Waals surface area contributed by atoms with Gasteiger partial charge < -0.3 is 20.5 Å². The molecule has 3 atom stereocenters. The molecule has 34 heavy (non-hydrogen) atoms. The molecular weight excluding hydrogens is 432 g/mol. The molecule has 7 nitrogen and oxygen atoms in total. The molecule has 2 aliphatic rings. The van der Waals surface area contributed by atoms with Crippen molar-refractivity contribution >= 4 is 18.0 Å². The lowest BCUT2D eigenvalue weighted by atomic mass is 9.98. The van der Waals surface area contributed by atoms with Gasteiger partial charge >= 0.3 is 12.1 Å². The number of rotatable bonds is 11. The van der Waals surface area contributed by atoms with E-state index in [0.717, 1.165) is 24.0 Å². The monoisotopic (exact) mass is 464 g/mol. The number of benzene rings is 2. The number of hydrogen-bond acceptors (Lipinski definition) is 4. The zero-order chi connectivity index (χ0) is 24.1. The van der Waals surface area contributed by atoms with Crippen LogP contribution in [0.4, 0.5) is 4.79 Å². The molecule has 1 saturated carbocycles. The van der Waals surface area contributed by atoms with Crippen molar-refractivity contribution in [2.75, 3.05) is 13.2 Å². The van der Waals surface area contributed by atoms with E-state index < -0.39 is 12.1 Å². The predicted octanol–water partition coefficient (Wildman–Crippen LogP) is 4.31. The standard InChI is InChI=1S/C27H32N2O5/c1-2-3-8-18(14-25(30)31)29-26(32)23-13-17(23)15-28-27(33)34-16-24-21-11-6-4-9-19(21)20-10-5-7-12-22(20)24/h4-7,9-12,17-18,23-24H,2-3,8,13-16H2,1H3,(H,28,33)(H,29,32)(H,30,31). The minimum absolute atomic E-state index is 0.00638. The Bertz CT molecular complexity index is 1010. The predicted molar refractivity (Wildman–Crippen MR) is 128 cm³/mol. The summed E-state index contributed by atoms with van der Waals surface area (Å²) >= 11 is 0. The number of hydrogen-bond donors (Lipinski definition) is 3. The Morgan fingerprint density at radius 2 is 1.71 bits per heavy atom. The number of carboxylic acid groups (broad SMARTS) is 1. The number of fused-ring (bicyclic) bond motifs is 3. The molecule has 0 aliphatic heterocycles. The van der Waals surface area contributed by atoms with Gasteiger partial charge in [-0.2, -0.15) is 0 Å². The normalized spacial score (nSPS) is 19.0. The smallest absolute Gasteiger partial charge is 0.407 e. The van der Waals surface area contributed by atoms with E-state index in [4.69, 9.17) is 9.84 Å². The van der Waals surface area contributed by atoms with Crippen molar-refractivity contribution in [3.8, 4) is 11.1 Å². The number of aliphatic carboxylic acids is 1. The van der Waals surface area contributed by atoms with Crippen molar-refractivity contribution in [3.63, 3.8) is 0 Å². The Morgan fingerprint density at radius 3 is 2.32 bits per heavy atom. The highest BCUT2D eigenvalue weighted by molar-refractivity contribution is 5.82. The first-order valence-electron chi connectivity index (χ1n) is 12.1. The maximum Gasteiger partial charge on any atom is 0.407 e. The number of alkyl carbamates (subject to hydrolysis) is 1. The van der Waals surface area contributed by atoms with Gasteiger partial charge in [-0.25, -0.2) is 4.79 Å². The average Bonchev–Trinajstić information content (AvgIpc) is 3.55. The fourth-order valence-electron chi connectivity index (χ4n) is 4.85. The summed E-state index contributed by atoms with van der Waals surface area (Å²) in [4.78, 5) is 35.9. The summed E-state index contributed by atoms with van der Waals surface area (Å²) in [5, 5.41) is 14.7. The third kappa shape index (κ3) is 5.58. The highest BCUT2D eigenvalue weighted by atomic mass is 16.5. The first kappa shape index (κ1) is 23.8. The van der Waals surface area contributed by atoms with Crippen molar-refractivity contribution in [2.45, 2.75) is 51.0 Å². The van der Waals surface area contributed by atoms with Crippen LogP contribution in [0.1, 0.15) is 56.1 Å². The number of carboxylic acids is 1. The number of carbonyl (C=O) groups is 3. The van der Waals surface area contributed by atoms with Crippen molar-refractivity contribution in [3.05, 3.63) is 59.7 Å². The molecule has 4 rings (SSSR count). The lowest BCUT2D eigenvalue weighted by Crippen LogP contribution is -2.38. The van der Waals surface area contributed by atoms with Crippen molar-refractivity contribution in [1.29, 1.82) is 0 Å². The number of amides is 2. The summed E-state index contributed by atoms with van der Waals surface area (Å²) in [7, 11) is 0. The summed E-state index contributed by atoms with van der Waals surface area (Å²) < 4.78 is 5.55. The van der Waals surface area contributed by atoms with Crippen molar-refractivity contribution in [2.24, 2.45) is 11.8 Å². The molecule has 0 saturated heterocycles. The maximum absolute atomic E-state index is 12.5. The number of carbonyl (C=O) groups excluding carboxylic acids is 2. The maximum atomic E-state index is 12.5. The number of nitrogens with one attached hydrogen (secondary N) is 2. The third-order valence-electron chi connectivity index (χ3n) is 6.79. The van der Waals surface area contributed by atoms with E-state index in [1.807, 2.05) is 31.2 Å². The van der Waals surface area contributed by atoms with Crippen LogP contribution in [0, 0.1) is 11.8 Å². The van der Waals surface area contributed by atoms with Crippen LogP contribution in [0.5, 0.6) is 0 Å². The molecule has 2 aromatic carbocycles. The van der Waals surface area contributed by atoms with Gasteiger partial charge in [-0.15, -0.1) is 0 Å². The van der Waals surface area contributed by atoms with Gasteiger partial charge in [0.05, 0.1) is 6.42 Å². The van der Waals surface area contributed by atoms with Crippen LogP contribution in [0.3, 0.4) is 0 Å². The number of unbranched alkanes of at least 4 members (excludes halogenated alkanes) is 1. The molecule has 2 amide bonds. The Kier molecular flexibility index (Phi) is 7.50. The Labute approximate surface area is 199 Å². The summed E-state index contributed by atoms with van der Waals surface area (Å²) in [6.45, 7) is 2.65. The molecule has 3 unspecified atom stereocenters. The van der Waals surface area contributed by atoms with Gasteiger partial charge in [0, 0.05) is 24.4 Å². The third-order valence-corrected chi connectivity index (χ3v) is 6.79. The Balaban J connectivity index is 1.23. The van der Waals surface area contributed by atoms with Crippen LogP contribution in [-0.2, 0) is 14.3 Å². The summed E-state index contributed by atoms with van der Waals surface area (Å²) in [5.41, 5.74) is 4.68. The highest BCUT2D eigenvalue weighted by Crippen LogP contribution is 2.44. The van der Waals surface area contributed by atoms with Crippen LogP contribution in [0.15, 0.2) is 48.5 Å². The topological polar surface area (TPSA) is 105 Å². The van der Waals surface area contributed by atoms with E-state index in [0.29, 0.717) is 19.4 Å². The first-order chi connectivity index (χ1) is 16.5.